The molecule has 0 aromatic heterocycles. The van der Waals surface area contributed by atoms with Crippen molar-refractivity contribution in [3.05, 3.63) is 39.2 Å². The Balaban J connectivity index is 1.64. The largest absolute Gasteiger partial charge is 0.481 e. The molecule has 0 saturated carbocycles. The molecule has 1 aromatic rings. The van der Waals surface area contributed by atoms with E-state index in [0.717, 1.165) is 64.1 Å². The molecule has 2 rings (SSSR count). The number of rotatable bonds is 12. The van der Waals surface area contributed by atoms with Crippen molar-refractivity contribution in [3.63, 3.8) is 0 Å². The highest BCUT2D eigenvalue weighted by molar-refractivity contribution is 9.10. The van der Waals surface area contributed by atoms with Gasteiger partial charge in [0.25, 0.3) is 0 Å². The molecular formula is C22H27BrO3S2. The van der Waals surface area contributed by atoms with Crippen molar-refractivity contribution < 1.29 is 14.7 Å². The van der Waals surface area contributed by atoms with Gasteiger partial charge in [0, 0.05) is 10.9 Å². The number of benzene rings is 1. The van der Waals surface area contributed by atoms with Gasteiger partial charge in [0.2, 0.25) is 0 Å². The molecule has 0 bridgehead atoms. The highest BCUT2D eigenvalue weighted by Gasteiger charge is 2.34. The van der Waals surface area contributed by atoms with Crippen molar-refractivity contribution in [2.45, 2.75) is 64.2 Å². The van der Waals surface area contributed by atoms with E-state index in [0.29, 0.717) is 0 Å². The van der Waals surface area contributed by atoms with Crippen LogP contribution in [0.25, 0.3) is 6.08 Å². The number of ketones is 1. The van der Waals surface area contributed by atoms with Crippen LogP contribution in [-0.2, 0) is 9.59 Å². The summed E-state index contributed by atoms with van der Waals surface area (Å²) in [5, 5.41) is 8.60. The molecular weight excluding hydrogens is 456 g/mol. The molecule has 0 radical (unpaired) electrons. The van der Waals surface area contributed by atoms with Gasteiger partial charge in [0.1, 0.15) is 0 Å². The molecule has 0 amide bonds. The van der Waals surface area contributed by atoms with Crippen LogP contribution in [0.15, 0.2) is 33.6 Å². The third-order valence-corrected chi connectivity index (χ3v) is 6.89. The first-order valence-electron chi connectivity index (χ1n) is 9.92. The zero-order chi connectivity index (χ0) is 20.4. The molecule has 1 aromatic carbocycles. The van der Waals surface area contributed by atoms with E-state index in [-0.39, 0.29) is 18.1 Å². The smallest absolute Gasteiger partial charge is 0.303 e. The zero-order valence-corrected chi connectivity index (χ0v) is 19.2. The van der Waals surface area contributed by atoms with Crippen molar-refractivity contribution in [1.29, 1.82) is 0 Å². The molecule has 1 N–H and O–H groups in total. The lowest BCUT2D eigenvalue weighted by Crippen LogP contribution is -2.13. The number of Topliss-reactive ketones (excluding diaryl/α,β-unsaturated/α-hetero) is 1. The van der Waals surface area contributed by atoms with E-state index in [1.54, 1.807) is 0 Å². The van der Waals surface area contributed by atoms with E-state index < -0.39 is 5.97 Å². The maximum Gasteiger partial charge on any atom is 0.303 e. The summed E-state index contributed by atoms with van der Waals surface area (Å²) in [5.41, 5.74) is 1.01. The first-order valence-corrected chi connectivity index (χ1v) is 11.9. The monoisotopic (exact) mass is 482 g/mol. The molecule has 1 saturated heterocycles. The average Bonchev–Trinajstić information content (AvgIpc) is 2.90. The van der Waals surface area contributed by atoms with Crippen molar-refractivity contribution in [2.75, 3.05) is 0 Å². The van der Waals surface area contributed by atoms with Gasteiger partial charge in [-0.05, 0) is 36.6 Å². The zero-order valence-electron chi connectivity index (χ0n) is 16.0. The number of halogens is 1. The Morgan fingerprint density at radius 2 is 1.75 bits per heavy atom. The lowest BCUT2D eigenvalue weighted by molar-refractivity contribution is -0.137. The van der Waals surface area contributed by atoms with E-state index in [1.807, 2.05) is 30.3 Å². The number of hydrogen-bond donors (Lipinski definition) is 1. The van der Waals surface area contributed by atoms with Crippen molar-refractivity contribution >= 4 is 61.9 Å². The lowest BCUT2D eigenvalue weighted by Gasteiger charge is -2.07. The van der Waals surface area contributed by atoms with Gasteiger partial charge >= 0.3 is 5.97 Å². The van der Waals surface area contributed by atoms with E-state index in [1.165, 1.54) is 24.6 Å². The topological polar surface area (TPSA) is 54.4 Å². The van der Waals surface area contributed by atoms with Crippen LogP contribution >= 0.6 is 39.9 Å². The maximum atomic E-state index is 12.7. The maximum absolute atomic E-state index is 12.7. The van der Waals surface area contributed by atoms with Crippen LogP contribution in [0.2, 0.25) is 0 Å². The molecule has 28 heavy (non-hydrogen) atoms. The minimum Gasteiger partial charge on any atom is -0.481 e. The van der Waals surface area contributed by atoms with E-state index in [4.69, 9.17) is 17.3 Å². The SMILES string of the molecule is O=C(O)CCCCCCCCCCC1C(=O)/C(=C/c2cccc(Br)c2)SC1=S. The number of carbonyl (C=O) groups is 2. The van der Waals surface area contributed by atoms with Crippen LogP contribution in [0.1, 0.15) is 69.8 Å². The minimum atomic E-state index is -0.702. The van der Waals surface area contributed by atoms with Gasteiger partial charge in [-0.15, -0.1) is 0 Å². The Bertz CT molecular complexity index is 730. The number of aliphatic carboxylic acids is 1. The lowest BCUT2D eigenvalue weighted by atomic mass is 9.97. The average molecular weight is 483 g/mol. The Kier molecular flexibility index (Phi) is 10.4. The van der Waals surface area contributed by atoms with Gasteiger partial charge in [0.05, 0.1) is 15.0 Å². The normalized spacial score (nSPS) is 18.2. The number of hydrogen-bond acceptors (Lipinski definition) is 4. The van der Waals surface area contributed by atoms with Gasteiger partial charge in [-0.1, -0.05) is 97.0 Å². The number of carbonyl (C=O) groups excluding carboxylic acids is 1. The first kappa shape index (κ1) is 23.3. The quantitative estimate of drug-likeness (QED) is 0.196. The van der Waals surface area contributed by atoms with Crippen LogP contribution in [0, 0.1) is 5.92 Å². The summed E-state index contributed by atoms with van der Waals surface area (Å²) >= 11 is 10.4. The third-order valence-electron chi connectivity index (χ3n) is 4.83. The summed E-state index contributed by atoms with van der Waals surface area (Å²) in [7, 11) is 0. The van der Waals surface area contributed by atoms with Gasteiger partial charge in [-0.3, -0.25) is 9.59 Å². The van der Waals surface area contributed by atoms with Crippen molar-refractivity contribution in [3.8, 4) is 0 Å². The van der Waals surface area contributed by atoms with Gasteiger partial charge in [-0.25, -0.2) is 0 Å². The van der Waals surface area contributed by atoms with Crippen LogP contribution in [0.4, 0.5) is 0 Å². The molecule has 152 valence electrons. The van der Waals surface area contributed by atoms with E-state index in [9.17, 15) is 9.59 Å². The number of carboxylic acids is 1. The summed E-state index contributed by atoms with van der Waals surface area (Å²) in [4.78, 5) is 23.9. The highest BCUT2D eigenvalue weighted by Crippen LogP contribution is 2.38. The Hall–Kier alpha value is -0.980. The summed E-state index contributed by atoms with van der Waals surface area (Å²) in [6, 6.07) is 7.92. The first-order chi connectivity index (χ1) is 13.5. The predicted octanol–water partition coefficient (Wildman–Crippen LogP) is 7.04. The standard InChI is InChI=1S/C22H27BrO3S2/c23-17-11-9-10-16(14-17)15-19-21(26)18(22(27)28-19)12-7-5-3-1-2-4-6-8-13-20(24)25/h9-11,14-15,18H,1-8,12-13H2,(H,24,25)/b19-15-. The van der Waals surface area contributed by atoms with Crippen LogP contribution in [0.5, 0.6) is 0 Å². The number of carboxylic acid groups (broad SMARTS) is 1. The highest BCUT2D eigenvalue weighted by atomic mass is 79.9. The number of allylic oxidation sites excluding steroid dienone is 1. The second-order valence-corrected chi connectivity index (χ2v) is 9.86. The summed E-state index contributed by atoms with van der Waals surface area (Å²) < 4.78 is 1.81. The molecule has 1 unspecified atom stereocenters. The fraction of sp³-hybridized carbons (Fsp3) is 0.500. The van der Waals surface area contributed by atoms with Crippen molar-refractivity contribution in [1.82, 2.24) is 0 Å². The molecule has 1 aliphatic heterocycles. The number of unbranched alkanes of at least 4 members (excludes halogenated alkanes) is 7. The number of thiocarbonyl (C=S) groups is 1. The Morgan fingerprint density at radius 1 is 1.11 bits per heavy atom. The molecule has 1 atom stereocenters. The molecule has 1 aliphatic rings. The van der Waals surface area contributed by atoms with Gasteiger partial charge < -0.3 is 5.11 Å². The van der Waals surface area contributed by atoms with Gasteiger partial charge in [-0.2, -0.15) is 0 Å². The third kappa shape index (κ3) is 8.18. The van der Waals surface area contributed by atoms with E-state index in [2.05, 4.69) is 15.9 Å². The van der Waals surface area contributed by atoms with Crippen LogP contribution < -0.4 is 0 Å². The Morgan fingerprint density at radius 3 is 2.39 bits per heavy atom. The fourth-order valence-corrected chi connectivity index (χ4v) is 5.22. The Labute approximate surface area is 185 Å². The molecule has 0 aliphatic carbocycles. The molecule has 6 heteroatoms. The molecule has 0 spiro atoms. The summed E-state index contributed by atoms with van der Waals surface area (Å²) in [6.45, 7) is 0. The summed E-state index contributed by atoms with van der Waals surface area (Å²) in [6.07, 6.45) is 11.6. The minimum absolute atomic E-state index is 0.116. The predicted molar refractivity (Wildman–Crippen MR) is 125 cm³/mol. The summed E-state index contributed by atoms with van der Waals surface area (Å²) in [5.74, 6) is -0.644. The van der Waals surface area contributed by atoms with Crippen LogP contribution in [-0.4, -0.2) is 21.1 Å². The fourth-order valence-electron chi connectivity index (χ4n) is 3.29. The molecule has 3 nitrogen and oxygen atoms in total. The van der Waals surface area contributed by atoms with Gasteiger partial charge in [0.15, 0.2) is 5.78 Å². The van der Waals surface area contributed by atoms with Crippen LogP contribution in [0.3, 0.4) is 0 Å². The van der Waals surface area contributed by atoms with Crippen molar-refractivity contribution in [2.24, 2.45) is 5.92 Å². The molecule has 1 fully saturated rings. The molecule has 1 heterocycles. The second kappa shape index (κ2) is 12.6. The number of thioether (sulfide) groups is 1. The second-order valence-electron chi connectivity index (χ2n) is 7.16. The van der Waals surface area contributed by atoms with E-state index >= 15 is 0 Å².